The van der Waals surface area contributed by atoms with Gasteiger partial charge in [-0.05, 0) is 92.8 Å². The molecule has 2 aliphatic heterocycles. The number of hydrogen-bond acceptors (Lipinski definition) is 14. The zero-order chi connectivity index (χ0) is 48.1. The lowest BCUT2D eigenvalue weighted by Gasteiger charge is -2.41. The summed E-state index contributed by atoms with van der Waals surface area (Å²) in [4.78, 5) is 89.2. The summed E-state index contributed by atoms with van der Waals surface area (Å²) in [7, 11) is 1.55. The highest BCUT2D eigenvalue weighted by atomic mass is 35.5. The number of thiazole rings is 2. The van der Waals surface area contributed by atoms with E-state index in [9.17, 15) is 24.0 Å². The molecular weight excluding hydrogens is 962 g/mol. The molecule has 2 saturated heterocycles. The van der Waals surface area contributed by atoms with E-state index in [1.807, 2.05) is 51.1 Å². The molecule has 0 radical (unpaired) electrons. The van der Waals surface area contributed by atoms with Crippen LogP contribution < -0.4 is 15.4 Å². The van der Waals surface area contributed by atoms with Crippen LogP contribution in [0.15, 0.2) is 91.8 Å². The van der Waals surface area contributed by atoms with E-state index in [2.05, 4.69) is 27.2 Å². The van der Waals surface area contributed by atoms with E-state index in [-0.39, 0.29) is 41.5 Å². The van der Waals surface area contributed by atoms with Crippen LogP contribution in [0.3, 0.4) is 0 Å². The Morgan fingerprint density at radius 1 is 0.868 bits per heavy atom. The van der Waals surface area contributed by atoms with Gasteiger partial charge < -0.3 is 35.0 Å². The predicted molar refractivity (Wildman–Crippen MR) is 269 cm³/mol. The van der Waals surface area contributed by atoms with Crippen LogP contribution in [-0.2, 0) is 14.4 Å². The minimum atomic E-state index is -0.242. The number of anilines is 3. The van der Waals surface area contributed by atoms with Crippen molar-refractivity contribution in [3.8, 4) is 5.75 Å². The number of rotatable bonds is 15. The number of aryl methyl sites for hydroxylation is 2. The van der Waals surface area contributed by atoms with E-state index >= 15 is 0 Å². The molecule has 3 fully saturated rings. The number of pyridine rings is 1. The number of hydrogen-bond donors (Lipinski definition) is 2. The summed E-state index contributed by atoms with van der Waals surface area (Å²) in [5, 5.41) is 7.60. The van der Waals surface area contributed by atoms with Gasteiger partial charge in [-0.2, -0.15) is 0 Å². The lowest BCUT2D eigenvalue weighted by molar-refractivity contribution is -0.130. The molecule has 68 heavy (non-hydrogen) atoms. The van der Waals surface area contributed by atoms with Crippen molar-refractivity contribution in [3.63, 3.8) is 0 Å². The van der Waals surface area contributed by atoms with Crippen molar-refractivity contribution in [3.05, 3.63) is 107 Å². The number of carbonyl (C=O) groups is 5. The van der Waals surface area contributed by atoms with Crippen LogP contribution in [0.1, 0.15) is 63.7 Å². The van der Waals surface area contributed by atoms with Gasteiger partial charge in [0, 0.05) is 79.8 Å². The summed E-state index contributed by atoms with van der Waals surface area (Å²) in [6.07, 6.45) is 10.3. The molecule has 2 aromatic carbocycles. The number of ether oxygens (including phenoxy) is 1. The first kappa shape index (κ1) is 48.7. The number of carbonyl (C=O) groups excluding carboxylic acids is 5. The molecule has 2 N–H and O–H groups in total. The van der Waals surface area contributed by atoms with Crippen LogP contribution >= 0.6 is 57.8 Å². The van der Waals surface area contributed by atoms with E-state index in [4.69, 9.17) is 21.3 Å². The second kappa shape index (κ2) is 21.7. The minimum Gasteiger partial charge on any atom is -0.496 e. The number of methoxy groups -OCH3 is 1. The van der Waals surface area contributed by atoms with Gasteiger partial charge in [0.1, 0.15) is 11.6 Å². The van der Waals surface area contributed by atoms with Gasteiger partial charge in [-0.1, -0.05) is 77.4 Å². The lowest BCUT2D eigenvalue weighted by atomic mass is 10.1. The Kier molecular flexibility index (Phi) is 15.5. The lowest BCUT2D eigenvalue weighted by Crippen LogP contribution is -2.56. The fourth-order valence-corrected chi connectivity index (χ4v) is 12.2. The molecule has 3 aromatic heterocycles. The van der Waals surface area contributed by atoms with Crippen molar-refractivity contribution < 1.29 is 28.7 Å². The Balaban J connectivity index is 0.937. The van der Waals surface area contributed by atoms with Crippen molar-refractivity contribution in [1.82, 2.24) is 34.6 Å². The highest BCUT2D eigenvalue weighted by Crippen LogP contribution is 2.42. The van der Waals surface area contributed by atoms with Crippen LogP contribution in [0.5, 0.6) is 5.75 Å². The van der Waals surface area contributed by atoms with Crippen LogP contribution in [0.4, 0.5) is 16.1 Å². The number of nitrogens with zero attached hydrogens (tertiary/aromatic N) is 7. The Hall–Kier alpha value is -5.73. The molecular formula is C48H50ClN9O6S4. The third-order valence-electron chi connectivity index (χ3n) is 11.8. The fraction of sp³-hybridized carbons (Fsp3) is 0.333. The summed E-state index contributed by atoms with van der Waals surface area (Å²) >= 11 is 12.4. The molecule has 5 aromatic rings. The molecule has 0 bridgehead atoms. The van der Waals surface area contributed by atoms with E-state index in [0.717, 1.165) is 38.0 Å². The number of aromatic nitrogens is 3. The average molecular weight is 1010 g/mol. The SMILES string of the molecule is C=CC(=O)N1CCN(C(=O)c2cc(Sc3sc(NC(=O)C4CC4)nc3C=CC(=O)N3CCN(C(=O)c4cc(Sc5cnc(Nc6ccccn6)s5)c(C)cc4OC)CC3)c(C)cc2Cl)C[C@H]1CC. The van der Waals surface area contributed by atoms with Crippen molar-refractivity contribution >= 4 is 109 Å². The van der Waals surface area contributed by atoms with E-state index in [0.29, 0.717) is 100 Å². The number of amides is 5. The van der Waals surface area contributed by atoms with E-state index < -0.39 is 0 Å². The van der Waals surface area contributed by atoms with Crippen LogP contribution in [0.2, 0.25) is 5.02 Å². The zero-order valence-electron chi connectivity index (χ0n) is 38.0. The molecule has 3 aliphatic rings. The summed E-state index contributed by atoms with van der Waals surface area (Å²) in [5.41, 5.74) is 3.06. The van der Waals surface area contributed by atoms with E-state index in [1.165, 1.54) is 58.3 Å². The van der Waals surface area contributed by atoms with Gasteiger partial charge in [0.15, 0.2) is 10.3 Å². The summed E-state index contributed by atoms with van der Waals surface area (Å²) in [6, 6.07) is 12.7. The predicted octanol–water partition coefficient (Wildman–Crippen LogP) is 8.91. The number of benzene rings is 2. The Bertz CT molecular complexity index is 2770. The topological polar surface area (TPSA) is 170 Å². The van der Waals surface area contributed by atoms with E-state index in [1.54, 1.807) is 57.3 Å². The number of halogens is 1. The molecule has 5 amide bonds. The maximum absolute atomic E-state index is 14.1. The third kappa shape index (κ3) is 11.4. The van der Waals surface area contributed by atoms with Crippen molar-refractivity contribution in [2.45, 2.75) is 64.3 Å². The number of nitrogens with one attached hydrogen (secondary N) is 2. The monoisotopic (exact) mass is 1010 g/mol. The van der Waals surface area contributed by atoms with Crippen molar-refractivity contribution in [2.75, 3.05) is 63.6 Å². The third-order valence-corrected chi connectivity index (χ3v) is 16.6. The Morgan fingerprint density at radius 3 is 2.28 bits per heavy atom. The smallest absolute Gasteiger partial charge is 0.257 e. The molecule has 354 valence electrons. The first-order valence-corrected chi connectivity index (χ1v) is 25.7. The van der Waals surface area contributed by atoms with Gasteiger partial charge in [0.25, 0.3) is 11.8 Å². The summed E-state index contributed by atoms with van der Waals surface area (Å²) in [5.74, 6) is 0.233. The summed E-state index contributed by atoms with van der Waals surface area (Å²) < 4.78 is 7.33. The molecule has 5 heterocycles. The van der Waals surface area contributed by atoms with Crippen molar-refractivity contribution in [1.29, 1.82) is 0 Å². The molecule has 0 unspecified atom stereocenters. The van der Waals surface area contributed by atoms with Gasteiger partial charge >= 0.3 is 0 Å². The molecule has 1 saturated carbocycles. The highest BCUT2D eigenvalue weighted by molar-refractivity contribution is 8.01. The quantitative estimate of drug-likeness (QED) is 0.0957. The van der Waals surface area contributed by atoms with Crippen LogP contribution in [-0.4, -0.2) is 123 Å². The molecule has 15 nitrogen and oxygen atoms in total. The first-order valence-electron chi connectivity index (χ1n) is 22.1. The molecule has 8 rings (SSSR count). The molecule has 1 atom stereocenters. The highest BCUT2D eigenvalue weighted by Gasteiger charge is 2.33. The average Bonchev–Trinajstić information content (AvgIpc) is 4.02. The second-order valence-electron chi connectivity index (χ2n) is 16.4. The normalized spacial score (nSPS) is 16.2. The first-order chi connectivity index (χ1) is 32.8. The standard InChI is InChI=1S/C48H50ClN9O6S4/c1-6-31-27-57(20-21-58(31)40(59)7-2)44(62)32-24-38(28(3)22-34(32)49)66-46-35(52-48(68-46)54-43(61)30-11-12-30)13-14-41(60)55-16-18-56(19-17-55)45(63)33-25-37(29(4)23-36(33)64-5)65-42-26-51-47(67-42)53-39-10-8-9-15-50-39/h7-10,13-15,22-26,30-31H,2,6,11-12,16-21,27H2,1,3-5H3,(H,50,51,53)(H,52,54,61)/t31-/m1/s1. The van der Waals surface area contributed by atoms with Gasteiger partial charge in [0.2, 0.25) is 17.7 Å². The molecule has 0 spiro atoms. The Labute approximate surface area is 416 Å². The second-order valence-corrected chi connectivity index (χ2v) is 21.5. The largest absolute Gasteiger partial charge is 0.496 e. The summed E-state index contributed by atoms with van der Waals surface area (Å²) in [6.45, 7) is 11.9. The van der Waals surface area contributed by atoms with Crippen LogP contribution in [0.25, 0.3) is 6.08 Å². The molecule has 20 heteroatoms. The van der Waals surface area contributed by atoms with Gasteiger partial charge in [-0.15, -0.1) is 0 Å². The maximum atomic E-state index is 14.1. The van der Waals surface area contributed by atoms with Crippen LogP contribution in [0, 0.1) is 19.8 Å². The van der Waals surface area contributed by atoms with Gasteiger partial charge in [-0.25, -0.2) is 15.0 Å². The van der Waals surface area contributed by atoms with Gasteiger partial charge in [-0.3, -0.25) is 24.0 Å². The maximum Gasteiger partial charge on any atom is 0.257 e. The molecule has 1 aliphatic carbocycles. The van der Waals surface area contributed by atoms with Gasteiger partial charge in [0.05, 0.1) is 43.6 Å². The Morgan fingerprint density at radius 2 is 1.57 bits per heavy atom. The van der Waals surface area contributed by atoms with Crippen molar-refractivity contribution in [2.24, 2.45) is 5.92 Å². The fourth-order valence-electron chi connectivity index (χ4n) is 7.78. The minimum absolute atomic E-state index is 0.0381. The number of piperazine rings is 2. The zero-order valence-corrected chi connectivity index (χ0v) is 42.0.